The summed E-state index contributed by atoms with van der Waals surface area (Å²) in [6, 6.07) is 27.2. The highest BCUT2D eigenvalue weighted by atomic mass is 16.5. The first kappa shape index (κ1) is 28.8. The Kier molecular flexibility index (Phi) is 12.3. The topological polar surface area (TPSA) is 43.4 Å². The van der Waals surface area contributed by atoms with Crippen LogP contribution in [0.25, 0.3) is 11.1 Å². The first-order valence-electron chi connectivity index (χ1n) is 13.8. The van der Waals surface area contributed by atoms with E-state index in [9.17, 15) is 0 Å². The maximum atomic E-state index is 5.91. The van der Waals surface area contributed by atoms with Gasteiger partial charge in [-0.1, -0.05) is 60.5 Å². The molecule has 0 spiro atoms. The molecule has 3 aromatic rings. The van der Waals surface area contributed by atoms with Crippen LogP contribution in [0.5, 0.6) is 0 Å². The number of ether oxygens (including phenoxy) is 4. The molecule has 1 heterocycles. The van der Waals surface area contributed by atoms with Gasteiger partial charge in [-0.25, -0.2) is 0 Å². The normalized spacial score (nSPS) is 17.6. The summed E-state index contributed by atoms with van der Waals surface area (Å²) < 4.78 is 23.6. The standard InChI is InChI=1S/C33H40N2O4/c1-2-29-8-10-31(11-9-29)32-12-14-33(15-13-32)35-18-22-38-26-24-36-20-16-34(28-30-6-4-3-5-7-30)17-21-37-25-27-39-23-19-35/h1,3-15H,16-28H2. The number of nitrogens with zero attached hydrogens (tertiary/aromatic N) is 2. The lowest BCUT2D eigenvalue weighted by atomic mass is 10.0. The fraction of sp³-hybridized carbons (Fsp3) is 0.394. The first-order valence-corrected chi connectivity index (χ1v) is 13.8. The minimum Gasteiger partial charge on any atom is -0.378 e. The maximum Gasteiger partial charge on any atom is 0.0701 e. The Morgan fingerprint density at radius 3 is 1.56 bits per heavy atom. The molecule has 0 atom stereocenters. The summed E-state index contributed by atoms with van der Waals surface area (Å²) in [5, 5.41) is 0. The van der Waals surface area contributed by atoms with Crippen molar-refractivity contribution < 1.29 is 18.9 Å². The van der Waals surface area contributed by atoms with Crippen LogP contribution in [0.15, 0.2) is 78.9 Å². The van der Waals surface area contributed by atoms with E-state index in [1.165, 1.54) is 5.56 Å². The zero-order valence-electron chi connectivity index (χ0n) is 22.8. The van der Waals surface area contributed by atoms with Crippen molar-refractivity contribution in [3.8, 4) is 23.5 Å². The molecule has 0 saturated carbocycles. The molecule has 0 aliphatic carbocycles. The zero-order chi connectivity index (χ0) is 27.0. The Morgan fingerprint density at radius 2 is 1.05 bits per heavy atom. The number of hydrogen-bond donors (Lipinski definition) is 0. The van der Waals surface area contributed by atoms with Crippen molar-refractivity contribution in [2.75, 3.05) is 83.9 Å². The van der Waals surface area contributed by atoms with Gasteiger partial charge >= 0.3 is 0 Å². The Balaban J connectivity index is 1.28. The molecule has 0 aromatic heterocycles. The molecule has 0 amide bonds. The second-order valence-corrected chi connectivity index (χ2v) is 9.47. The SMILES string of the molecule is C#Cc1ccc(-c2ccc(N3CCOCCOCCN(Cc4ccccc4)CCOCCOCC3)cc2)cc1. The van der Waals surface area contributed by atoms with Crippen molar-refractivity contribution >= 4 is 5.69 Å². The summed E-state index contributed by atoms with van der Waals surface area (Å²) in [6.45, 7) is 9.09. The number of benzene rings is 3. The van der Waals surface area contributed by atoms with Gasteiger partial charge in [0.25, 0.3) is 0 Å². The van der Waals surface area contributed by atoms with Crippen molar-refractivity contribution in [1.29, 1.82) is 0 Å². The molecule has 0 radical (unpaired) electrons. The van der Waals surface area contributed by atoms with Gasteiger partial charge in [-0.05, 0) is 41.0 Å². The quantitative estimate of drug-likeness (QED) is 0.457. The van der Waals surface area contributed by atoms with Gasteiger partial charge < -0.3 is 23.8 Å². The molecule has 6 nitrogen and oxygen atoms in total. The van der Waals surface area contributed by atoms with Crippen LogP contribution in [-0.2, 0) is 25.5 Å². The van der Waals surface area contributed by atoms with Crippen molar-refractivity contribution in [3.63, 3.8) is 0 Å². The van der Waals surface area contributed by atoms with Gasteiger partial charge in [-0.15, -0.1) is 6.42 Å². The Morgan fingerprint density at radius 1 is 0.564 bits per heavy atom. The number of hydrogen-bond acceptors (Lipinski definition) is 6. The van der Waals surface area contributed by atoms with Gasteiger partial charge in [-0.2, -0.15) is 0 Å². The molecular weight excluding hydrogens is 488 g/mol. The highest BCUT2D eigenvalue weighted by molar-refractivity contribution is 5.67. The Labute approximate surface area is 233 Å². The predicted molar refractivity (Wildman–Crippen MR) is 157 cm³/mol. The van der Waals surface area contributed by atoms with E-state index in [2.05, 4.69) is 76.4 Å². The maximum absolute atomic E-state index is 5.91. The lowest BCUT2D eigenvalue weighted by Crippen LogP contribution is -2.33. The molecular formula is C33H40N2O4. The molecule has 0 bridgehead atoms. The average molecular weight is 529 g/mol. The van der Waals surface area contributed by atoms with Crippen LogP contribution in [0.4, 0.5) is 5.69 Å². The summed E-state index contributed by atoms with van der Waals surface area (Å²) in [5.41, 5.74) is 5.64. The largest absolute Gasteiger partial charge is 0.378 e. The minimum atomic E-state index is 0.582. The van der Waals surface area contributed by atoms with E-state index in [-0.39, 0.29) is 0 Å². The summed E-state index contributed by atoms with van der Waals surface area (Å²) in [6.07, 6.45) is 5.49. The van der Waals surface area contributed by atoms with E-state index >= 15 is 0 Å². The predicted octanol–water partition coefficient (Wildman–Crippen LogP) is 4.72. The molecule has 1 saturated heterocycles. The van der Waals surface area contributed by atoms with Crippen LogP contribution in [-0.4, -0.2) is 83.9 Å². The number of rotatable bonds is 4. The molecule has 6 heteroatoms. The molecule has 39 heavy (non-hydrogen) atoms. The third kappa shape index (κ3) is 10.1. The highest BCUT2D eigenvalue weighted by Gasteiger charge is 2.10. The Bertz CT molecular complexity index is 1090. The van der Waals surface area contributed by atoms with Crippen LogP contribution in [0.3, 0.4) is 0 Å². The molecule has 4 rings (SSSR count). The second-order valence-electron chi connectivity index (χ2n) is 9.47. The van der Waals surface area contributed by atoms with Gasteiger partial charge in [0.15, 0.2) is 0 Å². The number of anilines is 1. The van der Waals surface area contributed by atoms with E-state index < -0.39 is 0 Å². The highest BCUT2D eigenvalue weighted by Crippen LogP contribution is 2.23. The van der Waals surface area contributed by atoms with Gasteiger partial charge in [0.05, 0.1) is 52.9 Å². The van der Waals surface area contributed by atoms with E-state index in [0.29, 0.717) is 52.9 Å². The van der Waals surface area contributed by atoms with E-state index in [4.69, 9.17) is 25.4 Å². The van der Waals surface area contributed by atoms with Crippen LogP contribution >= 0.6 is 0 Å². The van der Waals surface area contributed by atoms with Gasteiger partial charge in [-0.3, -0.25) is 4.90 Å². The fourth-order valence-electron chi connectivity index (χ4n) is 4.49. The van der Waals surface area contributed by atoms with Crippen LogP contribution in [0.2, 0.25) is 0 Å². The van der Waals surface area contributed by atoms with Gasteiger partial charge in [0.1, 0.15) is 0 Å². The van der Waals surface area contributed by atoms with E-state index in [1.54, 1.807) is 0 Å². The van der Waals surface area contributed by atoms with Gasteiger partial charge in [0, 0.05) is 44.0 Å². The third-order valence-electron chi connectivity index (χ3n) is 6.73. The van der Waals surface area contributed by atoms with Crippen molar-refractivity contribution in [2.45, 2.75) is 6.54 Å². The number of terminal acetylenes is 1. The lowest BCUT2D eigenvalue weighted by Gasteiger charge is -2.25. The fourth-order valence-corrected chi connectivity index (χ4v) is 4.49. The van der Waals surface area contributed by atoms with Crippen molar-refractivity contribution in [1.82, 2.24) is 4.90 Å². The van der Waals surface area contributed by atoms with E-state index in [1.807, 2.05) is 18.2 Å². The average Bonchev–Trinajstić information content (AvgIpc) is 2.98. The summed E-state index contributed by atoms with van der Waals surface area (Å²) in [4.78, 5) is 4.67. The first-order chi connectivity index (χ1) is 19.3. The Hall–Kier alpha value is -3.18. The summed E-state index contributed by atoms with van der Waals surface area (Å²) >= 11 is 0. The monoisotopic (exact) mass is 528 g/mol. The lowest BCUT2D eigenvalue weighted by molar-refractivity contribution is 0.0211. The molecule has 0 unspecified atom stereocenters. The molecule has 1 fully saturated rings. The zero-order valence-corrected chi connectivity index (χ0v) is 22.8. The second kappa shape index (κ2) is 16.7. The molecule has 1 aliphatic heterocycles. The summed E-state index contributed by atoms with van der Waals surface area (Å²) in [7, 11) is 0. The smallest absolute Gasteiger partial charge is 0.0701 e. The molecule has 3 aromatic carbocycles. The molecule has 206 valence electrons. The van der Waals surface area contributed by atoms with Crippen LogP contribution < -0.4 is 4.90 Å². The summed E-state index contributed by atoms with van der Waals surface area (Å²) in [5.74, 6) is 2.67. The minimum absolute atomic E-state index is 0.582. The van der Waals surface area contributed by atoms with Crippen LogP contribution in [0.1, 0.15) is 11.1 Å². The molecule has 1 aliphatic rings. The van der Waals surface area contributed by atoms with Gasteiger partial charge in [0.2, 0.25) is 0 Å². The van der Waals surface area contributed by atoms with Crippen molar-refractivity contribution in [2.24, 2.45) is 0 Å². The molecule has 0 N–H and O–H groups in total. The third-order valence-corrected chi connectivity index (χ3v) is 6.73. The van der Waals surface area contributed by atoms with E-state index in [0.717, 1.165) is 55.1 Å². The van der Waals surface area contributed by atoms with Crippen LogP contribution in [0, 0.1) is 12.3 Å². The van der Waals surface area contributed by atoms with Crippen molar-refractivity contribution in [3.05, 3.63) is 90.0 Å².